The second-order valence-corrected chi connectivity index (χ2v) is 5.35. The first kappa shape index (κ1) is 17.9. The zero-order valence-electron chi connectivity index (χ0n) is 13.9. The van der Waals surface area contributed by atoms with Gasteiger partial charge in [0.05, 0.1) is 13.2 Å². The van der Waals surface area contributed by atoms with E-state index in [4.69, 9.17) is 4.74 Å². The van der Waals surface area contributed by atoms with Crippen molar-refractivity contribution in [2.24, 2.45) is 7.05 Å². The molecule has 8 heteroatoms. The fourth-order valence-electron chi connectivity index (χ4n) is 2.21. The van der Waals surface area contributed by atoms with Gasteiger partial charge in [-0.25, -0.2) is 9.18 Å². The summed E-state index contributed by atoms with van der Waals surface area (Å²) < 4.78 is 20.6. The van der Waals surface area contributed by atoms with E-state index in [2.05, 4.69) is 15.5 Å². The van der Waals surface area contributed by atoms with Crippen LogP contribution in [-0.2, 0) is 24.8 Å². The third kappa shape index (κ3) is 5.02. The van der Waals surface area contributed by atoms with E-state index < -0.39 is 0 Å². The van der Waals surface area contributed by atoms with Gasteiger partial charge in [0.2, 0.25) is 0 Å². The molecule has 0 saturated carbocycles. The number of halogens is 1. The van der Waals surface area contributed by atoms with Crippen LogP contribution in [0.5, 0.6) is 0 Å². The number of benzene rings is 1. The van der Waals surface area contributed by atoms with Crippen LogP contribution in [0.1, 0.15) is 11.4 Å². The zero-order valence-corrected chi connectivity index (χ0v) is 13.9. The van der Waals surface area contributed by atoms with Gasteiger partial charge in [-0.05, 0) is 6.07 Å². The molecule has 1 heterocycles. The number of amides is 2. The molecule has 1 aromatic carbocycles. The lowest BCUT2D eigenvalue weighted by Gasteiger charge is -2.23. The SMILES string of the molecule is COCCN(Cc1ccccc1F)C(=O)NCCc1nncn1C. The van der Waals surface area contributed by atoms with Gasteiger partial charge in [0.1, 0.15) is 18.0 Å². The maximum absolute atomic E-state index is 13.8. The van der Waals surface area contributed by atoms with Crippen molar-refractivity contribution in [2.75, 3.05) is 26.8 Å². The number of carbonyl (C=O) groups is 1. The van der Waals surface area contributed by atoms with E-state index in [0.717, 1.165) is 5.82 Å². The second kappa shape index (κ2) is 8.97. The maximum Gasteiger partial charge on any atom is 0.317 e. The van der Waals surface area contributed by atoms with E-state index >= 15 is 0 Å². The van der Waals surface area contributed by atoms with Gasteiger partial charge in [0.15, 0.2) is 0 Å². The first-order valence-electron chi connectivity index (χ1n) is 7.69. The van der Waals surface area contributed by atoms with Crippen molar-refractivity contribution in [1.29, 1.82) is 0 Å². The maximum atomic E-state index is 13.8. The topological polar surface area (TPSA) is 72.3 Å². The fraction of sp³-hybridized carbons (Fsp3) is 0.438. The van der Waals surface area contributed by atoms with Crippen molar-refractivity contribution in [3.8, 4) is 0 Å². The van der Waals surface area contributed by atoms with E-state index in [9.17, 15) is 9.18 Å². The smallest absolute Gasteiger partial charge is 0.317 e. The minimum atomic E-state index is -0.327. The molecule has 0 unspecified atom stereocenters. The molecule has 0 spiro atoms. The van der Waals surface area contributed by atoms with Crippen molar-refractivity contribution < 1.29 is 13.9 Å². The van der Waals surface area contributed by atoms with Crippen molar-refractivity contribution in [1.82, 2.24) is 25.0 Å². The number of aryl methyl sites for hydroxylation is 1. The molecule has 0 aliphatic heterocycles. The van der Waals surface area contributed by atoms with E-state index in [0.29, 0.717) is 31.7 Å². The van der Waals surface area contributed by atoms with Crippen molar-refractivity contribution in [3.05, 3.63) is 47.8 Å². The van der Waals surface area contributed by atoms with Gasteiger partial charge in [-0.2, -0.15) is 0 Å². The molecule has 0 bridgehead atoms. The summed E-state index contributed by atoms with van der Waals surface area (Å²) in [4.78, 5) is 13.9. The molecule has 130 valence electrons. The lowest BCUT2D eigenvalue weighted by atomic mass is 10.2. The molecular formula is C16H22FN5O2. The molecule has 1 N–H and O–H groups in total. The average Bonchev–Trinajstić information content (AvgIpc) is 2.98. The molecule has 24 heavy (non-hydrogen) atoms. The standard InChI is InChI=1S/C16H22FN5O2/c1-21-12-19-20-15(21)7-8-18-16(23)22(9-10-24-2)11-13-5-3-4-6-14(13)17/h3-6,12H,7-11H2,1-2H3,(H,18,23). The molecule has 0 atom stereocenters. The highest BCUT2D eigenvalue weighted by Crippen LogP contribution is 2.10. The van der Waals surface area contributed by atoms with Crippen LogP contribution in [0.15, 0.2) is 30.6 Å². The molecule has 0 aliphatic rings. The summed E-state index contributed by atoms with van der Waals surface area (Å²) in [5.41, 5.74) is 0.469. The number of aromatic nitrogens is 3. The molecule has 2 aromatic rings. The Bertz CT molecular complexity index is 661. The molecular weight excluding hydrogens is 313 g/mol. The minimum absolute atomic E-state index is 0.186. The quantitative estimate of drug-likeness (QED) is 0.790. The van der Waals surface area contributed by atoms with Crippen LogP contribution < -0.4 is 5.32 Å². The Kier molecular flexibility index (Phi) is 6.68. The average molecular weight is 335 g/mol. The molecule has 7 nitrogen and oxygen atoms in total. The Hall–Kier alpha value is -2.48. The molecule has 0 saturated heterocycles. The van der Waals surface area contributed by atoms with Crippen LogP contribution in [0.3, 0.4) is 0 Å². The zero-order chi connectivity index (χ0) is 17.4. The number of rotatable bonds is 8. The van der Waals surface area contributed by atoms with Crippen LogP contribution in [0.4, 0.5) is 9.18 Å². The molecule has 0 radical (unpaired) electrons. The van der Waals surface area contributed by atoms with Crippen molar-refractivity contribution >= 4 is 6.03 Å². The Morgan fingerprint density at radius 3 is 2.88 bits per heavy atom. The number of urea groups is 1. The van der Waals surface area contributed by atoms with Gasteiger partial charge in [-0.1, -0.05) is 18.2 Å². The second-order valence-electron chi connectivity index (χ2n) is 5.35. The number of ether oxygens (including phenoxy) is 1. The van der Waals surface area contributed by atoms with Crippen LogP contribution in [0.25, 0.3) is 0 Å². The lowest BCUT2D eigenvalue weighted by molar-refractivity contribution is 0.146. The van der Waals surface area contributed by atoms with E-state index in [1.165, 1.54) is 11.0 Å². The van der Waals surface area contributed by atoms with Gasteiger partial charge in [-0.3, -0.25) is 0 Å². The van der Waals surface area contributed by atoms with Gasteiger partial charge in [-0.15, -0.1) is 10.2 Å². The summed E-state index contributed by atoms with van der Waals surface area (Å²) in [6.07, 6.45) is 2.18. The van der Waals surface area contributed by atoms with Crippen molar-refractivity contribution in [2.45, 2.75) is 13.0 Å². The van der Waals surface area contributed by atoms with Crippen LogP contribution in [0, 0.1) is 5.82 Å². The lowest BCUT2D eigenvalue weighted by Crippen LogP contribution is -2.42. The predicted octanol–water partition coefficient (Wildman–Crippen LogP) is 1.35. The van der Waals surface area contributed by atoms with Crippen molar-refractivity contribution in [3.63, 3.8) is 0 Å². The largest absolute Gasteiger partial charge is 0.383 e. The number of nitrogens with zero attached hydrogens (tertiary/aromatic N) is 4. The number of carbonyl (C=O) groups excluding carboxylic acids is 1. The summed E-state index contributed by atoms with van der Waals surface area (Å²) in [7, 11) is 3.41. The minimum Gasteiger partial charge on any atom is -0.383 e. The van der Waals surface area contributed by atoms with Gasteiger partial charge >= 0.3 is 6.03 Å². The van der Waals surface area contributed by atoms with Crippen LogP contribution in [0.2, 0.25) is 0 Å². The molecule has 1 aromatic heterocycles. The highest BCUT2D eigenvalue weighted by Gasteiger charge is 2.15. The first-order valence-corrected chi connectivity index (χ1v) is 7.69. The van der Waals surface area contributed by atoms with Gasteiger partial charge in [0, 0.05) is 39.2 Å². The van der Waals surface area contributed by atoms with E-state index in [1.54, 1.807) is 36.2 Å². The highest BCUT2D eigenvalue weighted by molar-refractivity contribution is 5.74. The summed E-state index contributed by atoms with van der Waals surface area (Å²) >= 11 is 0. The Morgan fingerprint density at radius 2 is 2.21 bits per heavy atom. The monoisotopic (exact) mass is 335 g/mol. The fourth-order valence-corrected chi connectivity index (χ4v) is 2.21. The van der Waals surface area contributed by atoms with Gasteiger partial charge in [0.25, 0.3) is 0 Å². The third-order valence-electron chi connectivity index (χ3n) is 3.60. The predicted molar refractivity (Wildman–Crippen MR) is 86.8 cm³/mol. The van der Waals surface area contributed by atoms with Crippen LogP contribution >= 0.6 is 0 Å². The van der Waals surface area contributed by atoms with Crippen LogP contribution in [-0.4, -0.2) is 52.5 Å². The Morgan fingerprint density at radius 1 is 1.42 bits per heavy atom. The summed E-state index contributed by atoms with van der Waals surface area (Å²) in [6.45, 7) is 1.36. The molecule has 2 amide bonds. The number of hydrogen-bond donors (Lipinski definition) is 1. The molecule has 0 fully saturated rings. The number of nitrogens with one attached hydrogen (secondary N) is 1. The number of methoxy groups -OCH3 is 1. The number of hydrogen-bond acceptors (Lipinski definition) is 4. The Labute approximate surface area is 140 Å². The van der Waals surface area contributed by atoms with E-state index in [1.807, 2.05) is 7.05 Å². The first-order chi connectivity index (χ1) is 11.6. The molecule has 0 aliphatic carbocycles. The third-order valence-corrected chi connectivity index (χ3v) is 3.60. The normalized spacial score (nSPS) is 10.6. The summed E-state index contributed by atoms with van der Waals surface area (Å²) in [6, 6.07) is 6.16. The van der Waals surface area contributed by atoms with Gasteiger partial charge < -0.3 is 19.5 Å². The highest BCUT2D eigenvalue weighted by atomic mass is 19.1. The summed E-state index contributed by atoms with van der Waals surface area (Å²) in [5, 5.41) is 10.6. The van der Waals surface area contributed by atoms with E-state index in [-0.39, 0.29) is 18.4 Å². The Balaban J connectivity index is 1.92. The molecule has 2 rings (SSSR count). The summed E-state index contributed by atoms with van der Waals surface area (Å²) in [5.74, 6) is 0.458.